The summed E-state index contributed by atoms with van der Waals surface area (Å²) >= 11 is 12.3. The average molecular weight is 425 g/mol. The van der Waals surface area contributed by atoms with Crippen LogP contribution in [0.1, 0.15) is 25.0 Å². The normalized spacial score (nSPS) is 10.7. The third kappa shape index (κ3) is 6.62. The van der Waals surface area contributed by atoms with Crippen LogP contribution in [0, 0.1) is 0 Å². The van der Waals surface area contributed by atoms with Crippen LogP contribution in [0.5, 0.6) is 11.5 Å². The Kier molecular flexibility index (Phi) is 8.91. The molecule has 0 heterocycles. The Morgan fingerprint density at radius 1 is 1.07 bits per heavy atom. The van der Waals surface area contributed by atoms with Crippen molar-refractivity contribution < 1.29 is 19.0 Å². The van der Waals surface area contributed by atoms with Crippen LogP contribution in [0.25, 0.3) is 0 Å². The zero-order valence-corrected chi connectivity index (χ0v) is 17.2. The van der Waals surface area contributed by atoms with Crippen molar-refractivity contribution in [1.82, 2.24) is 5.43 Å². The van der Waals surface area contributed by atoms with Gasteiger partial charge in [-0.25, -0.2) is 4.79 Å². The lowest BCUT2D eigenvalue weighted by Crippen LogP contribution is -2.15. The molecule has 0 atom stereocenters. The topological polar surface area (TPSA) is 69.2 Å². The Morgan fingerprint density at radius 3 is 2.50 bits per heavy atom. The number of ether oxygens (including phenoxy) is 3. The van der Waals surface area contributed by atoms with Gasteiger partial charge in [0.25, 0.3) is 0 Å². The van der Waals surface area contributed by atoms with E-state index in [0.29, 0.717) is 41.3 Å². The van der Waals surface area contributed by atoms with E-state index in [2.05, 4.69) is 10.5 Å². The number of rotatable bonds is 10. The molecule has 28 heavy (non-hydrogen) atoms. The molecule has 8 heteroatoms. The fraction of sp³-hybridized carbons (Fsp3) is 0.300. The van der Waals surface area contributed by atoms with Gasteiger partial charge in [-0.2, -0.15) is 5.10 Å². The molecule has 1 N–H and O–H groups in total. The zero-order valence-electron chi connectivity index (χ0n) is 15.7. The first-order valence-corrected chi connectivity index (χ1v) is 9.54. The molecule has 0 aromatic heterocycles. The van der Waals surface area contributed by atoms with Crippen molar-refractivity contribution in [2.45, 2.75) is 20.4 Å². The fourth-order valence-corrected chi connectivity index (χ4v) is 2.81. The van der Waals surface area contributed by atoms with Gasteiger partial charge in [-0.05, 0) is 49.7 Å². The maximum absolute atomic E-state index is 11.5. The molecule has 6 nitrogen and oxygen atoms in total. The summed E-state index contributed by atoms with van der Waals surface area (Å²) in [6.07, 6.45) is 1.64. The monoisotopic (exact) mass is 424 g/mol. The van der Waals surface area contributed by atoms with Gasteiger partial charge in [0.1, 0.15) is 0 Å². The van der Waals surface area contributed by atoms with E-state index in [9.17, 15) is 4.79 Å². The van der Waals surface area contributed by atoms with Crippen molar-refractivity contribution in [3.05, 3.63) is 57.6 Å². The third-order valence-corrected chi connectivity index (χ3v) is 4.25. The summed E-state index contributed by atoms with van der Waals surface area (Å²) in [6, 6.07) is 10.6. The van der Waals surface area contributed by atoms with Crippen molar-refractivity contribution in [2.24, 2.45) is 5.10 Å². The molecule has 0 aliphatic carbocycles. The number of nitrogens with one attached hydrogen (secondary N) is 1. The summed E-state index contributed by atoms with van der Waals surface area (Å²) in [7, 11) is 0. The van der Waals surface area contributed by atoms with E-state index in [1.165, 1.54) is 0 Å². The number of benzene rings is 2. The Morgan fingerprint density at radius 2 is 1.82 bits per heavy atom. The lowest BCUT2D eigenvalue weighted by atomic mass is 10.2. The van der Waals surface area contributed by atoms with Crippen molar-refractivity contribution in [3.8, 4) is 11.5 Å². The Bertz CT molecular complexity index is 808. The molecule has 0 aliphatic rings. The highest BCUT2D eigenvalue weighted by Gasteiger charge is 2.09. The van der Waals surface area contributed by atoms with Crippen LogP contribution in [-0.2, 0) is 16.1 Å². The number of esters is 1. The minimum Gasteiger partial charge on any atom is -0.490 e. The van der Waals surface area contributed by atoms with Gasteiger partial charge in [-0.3, -0.25) is 0 Å². The molecule has 0 amide bonds. The van der Waals surface area contributed by atoms with Crippen molar-refractivity contribution in [1.29, 1.82) is 0 Å². The minimum atomic E-state index is -0.432. The maximum atomic E-state index is 11.5. The summed E-state index contributed by atoms with van der Waals surface area (Å²) in [5, 5.41) is 5.35. The summed E-state index contributed by atoms with van der Waals surface area (Å²) < 4.78 is 15.9. The van der Waals surface area contributed by atoms with Crippen LogP contribution in [0.2, 0.25) is 10.0 Å². The molecule has 0 aliphatic heterocycles. The molecule has 150 valence electrons. The highest BCUT2D eigenvalue weighted by atomic mass is 35.5. The Hall–Kier alpha value is -2.44. The van der Waals surface area contributed by atoms with E-state index in [1.54, 1.807) is 49.5 Å². The van der Waals surface area contributed by atoms with Crippen molar-refractivity contribution in [3.63, 3.8) is 0 Å². The van der Waals surface area contributed by atoms with Gasteiger partial charge in [0.2, 0.25) is 0 Å². The lowest BCUT2D eigenvalue weighted by Gasteiger charge is -2.12. The number of nitrogens with zero attached hydrogens (tertiary/aromatic N) is 1. The first-order valence-electron chi connectivity index (χ1n) is 8.79. The molecular formula is C20H22Cl2N2O4. The van der Waals surface area contributed by atoms with E-state index in [1.807, 2.05) is 6.92 Å². The molecule has 2 rings (SSSR count). The molecule has 2 aromatic carbocycles. The summed E-state index contributed by atoms with van der Waals surface area (Å²) in [5.74, 6) is 0.547. The van der Waals surface area contributed by atoms with Gasteiger partial charge in [0.15, 0.2) is 18.1 Å². The standard InChI is InChI=1S/C20H22Cl2N2O4/c1-3-26-19-10-14(8-9-18(19)28-13-20(25)27-4-2)11-23-24-12-15-16(21)6-5-7-17(15)22/h5-11,24H,3-4,12-13H2,1-2H3/b23-11-. The largest absolute Gasteiger partial charge is 0.490 e. The molecule has 0 saturated carbocycles. The first kappa shape index (κ1) is 21.9. The van der Waals surface area contributed by atoms with Crippen LogP contribution < -0.4 is 14.9 Å². The molecule has 0 saturated heterocycles. The SMILES string of the molecule is CCOC(=O)COc1ccc(/C=N\NCc2c(Cl)cccc2Cl)cc1OCC. The summed E-state index contributed by atoms with van der Waals surface area (Å²) in [6.45, 7) is 4.59. The van der Waals surface area contributed by atoms with E-state index in [-0.39, 0.29) is 6.61 Å². The van der Waals surface area contributed by atoms with Gasteiger partial charge < -0.3 is 19.6 Å². The van der Waals surface area contributed by atoms with E-state index in [0.717, 1.165) is 11.1 Å². The third-order valence-electron chi connectivity index (χ3n) is 3.54. The molecule has 2 aromatic rings. The van der Waals surface area contributed by atoms with Gasteiger partial charge >= 0.3 is 5.97 Å². The van der Waals surface area contributed by atoms with Crippen LogP contribution in [0.15, 0.2) is 41.5 Å². The quantitative estimate of drug-likeness (QED) is 0.346. The van der Waals surface area contributed by atoms with Crippen molar-refractivity contribution in [2.75, 3.05) is 19.8 Å². The van der Waals surface area contributed by atoms with Gasteiger partial charge in [0, 0.05) is 15.6 Å². The zero-order chi connectivity index (χ0) is 20.4. The second kappa shape index (κ2) is 11.4. The molecular weight excluding hydrogens is 403 g/mol. The number of halogens is 2. The second-order valence-corrected chi connectivity index (χ2v) is 6.34. The molecule has 0 fully saturated rings. The van der Waals surface area contributed by atoms with E-state index >= 15 is 0 Å². The molecule has 0 radical (unpaired) electrons. The number of carbonyl (C=O) groups excluding carboxylic acids is 1. The first-order chi connectivity index (χ1) is 13.5. The number of hydrogen-bond donors (Lipinski definition) is 1. The van der Waals surface area contributed by atoms with Crippen LogP contribution >= 0.6 is 23.2 Å². The molecule has 0 unspecified atom stereocenters. The lowest BCUT2D eigenvalue weighted by molar-refractivity contribution is -0.145. The smallest absolute Gasteiger partial charge is 0.344 e. The van der Waals surface area contributed by atoms with E-state index < -0.39 is 5.97 Å². The molecule has 0 bridgehead atoms. The second-order valence-electron chi connectivity index (χ2n) is 5.53. The van der Waals surface area contributed by atoms with Gasteiger partial charge in [-0.1, -0.05) is 29.3 Å². The van der Waals surface area contributed by atoms with Crippen LogP contribution in [0.3, 0.4) is 0 Å². The Balaban J connectivity index is 2.00. The van der Waals surface area contributed by atoms with Crippen LogP contribution in [0.4, 0.5) is 0 Å². The predicted octanol–water partition coefficient (Wildman–Crippen LogP) is 4.46. The highest BCUT2D eigenvalue weighted by molar-refractivity contribution is 6.35. The minimum absolute atomic E-state index is 0.179. The predicted molar refractivity (Wildman–Crippen MR) is 111 cm³/mol. The Labute approximate surface area is 174 Å². The van der Waals surface area contributed by atoms with E-state index in [4.69, 9.17) is 37.4 Å². The van der Waals surface area contributed by atoms with Crippen molar-refractivity contribution >= 4 is 35.4 Å². The number of carbonyl (C=O) groups is 1. The van der Waals surface area contributed by atoms with Gasteiger partial charge in [-0.15, -0.1) is 0 Å². The average Bonchev–Trinajstić information content (AvgIpc) is 2.67. The fourth-order valence-electron chi connectivity index (χ4n) is 2.28. The number of hydrogen-bond acceptors (Lipinski definition) is 6. The maximum Gasteiger partial charge on any atom is 0.344 e. The summed E-state index contributed by atoms with van der Waals surface area (Å²) in [5.41, 5.74) is 4.49. The van der Waals surface area contributed by atoms with Crippen LogP contribution in [-0.4, -0.2) is 32.0 Å². The number of hydrazone groups is 1. The summed E-state index contributed by atoms with van der Waals surface area (Å²) in [4.78, 5) is 11.5. The highest BCUT2D eigenvalue weighted by Crippen LogP contribution is 2.28. The van der Waals surface area contributed by atoms with Gasteiger partial charge in [0.05, 0.1) is 26.0 Å². The molecule has 0 spiro atoms.